The first kappa shape index (κ1) is 11.9. The zero-order chi connectivity index (χ0) is 11.1. The Kier molecular flexibility index (Phi) is 5.05. The summed E-state index contributed by atoms with van der Waals surface area (Å²) in [6.45, 7) is 5.81. The van der Waals surface area contributed by atoms with E-state index in [4.69, 9.17) is 0 Å². The second kappa shape index (κ2) is 6.36. The van der Waals surface area contributed by atoms with E-state index in [1.54, 1.807) is 6.20 Å². The summed E-state index contributed by atoms with van der Waals surface area (Å²) < 4.78 is 0. The molecule has 82 valence electrons. The fourth-order valence-corrected chi connectivity index (χ4v) is 1.42. The zero-order valence-corrected chi connectivity index (χ0v) is 9.32. The van der Waals surface area contributed by atoms with Crippen LogP contribution in [0.4, 0.5) is 0 Å². The molecule has 1 rings (SSSR count). The Morgan fingerprint density at radius 3 is 2.87 bits per heavy atom. The number of nitrogens with zero attached hydrogens (tertiary/aromatic N) is 1. The number of hydrogen-bond acceptors (Lipinski definition) is 2. The van der Waals surface area contributed by atoms with Gasteiger partial charge in [-0.1, -0.05) is 11.6 Å². The van der Waals surface area contributed by atoms with E-state index in [1.807, 2.05) is 25.1 Å². The molecule has 0 saturated carbocycles. The average molecular weight is 205 g/mol. The van der Waals surface area contributed by atoms with Crippen molar-refractivity contribution >= 4 is 0 Å². The monoisotopic (exact) mass is 205 g/mol. The van der Waals surface area contributed by atoms with Gasteiger partial charge in [-0.3, -0.25) is 4.98 Å². The number of pyridine rings is 1. The fourth-order valence-electron chi connectivity index (χ4n) is 1.42. The molecule has 2 nitrogen and oxygen atoms in total. The van der Waals surface area contributed by atoms with Crippen molar-refractivity contribution in [1.29, 1.82) is 0 Å². The van der Waals surface area contributed by atoms with Gasteiger partial charge in [-0.2, -0.15) is 0 Å². The predicted molar refractivity (Wildman–Crippen MR) is 62.6 cm³/mol. The molecule has 0 aromatic carbocycles. The highest BCUT2D eigenvalue weighted by Gasteiger charge is 2.04. The lowest BCUT2D eigenvalue weighted by Gasteiger charge is -2.09. The maximum absolute atomic E-state index is 9.69. The van der Waals surface area contributed by atoms with Crippen LogP contribution < -0.4 is 0 Å². The number of aliphatic hydroxyl groups is 1. The summed E-state index contributed by atoms with van der Waals surface area (Å²) in [5.41, 5.74) is 2.18. The topological polar surface area (TPSA) is 33.1 Å². The van der Waals surface area contributed by atoms with Crippen molar-refractivity contribution in [2.24, 2.45) is 0 Å². The van der Waals surface area contributed by atoms with Crippen LogP contribution in [0.1, 0.15) is 31.9 Å². The third-order valence-corrected chi connectivity index (χ3v) is 2.36. The van der Waals surface area contributed by atoms with Crippen LogP contribution in [0.15, 0.2) is 36.5 Å². The fraction of sp³-hybridized carbons (Fsp3) is 0.462. The molecule has 0 fully saturated rings. The molecule has 2 heteroatoms. The Balaban J connectivity index is 2.22. The highest BCUT2D eigenvalue weighted by atomic mass is 16.3. The Bertz CT molecular complexity index is 295. The summed E-state index contributed by atoms with van der Waals surface area (Å²) in [4.78, 5) is 4.22. The summed E-state index contributed by atoms with van der Waals surface area (Å²) in [6, 6.07) is 5.87. The molecule has 0 amide bonds. The number of rotatable bonds is 6. The molecule has 0 spiro atoms. The van der Waals surface area contributed by atoms with Gasteiger partial charge in [0.05, 0.1) is 6.10 Å². The van der Waals surface area contributed by atoms with E-state index in [-0.39, 0.29) is 6.10 Å². The van der Waals surface area contributed by atoms with Crippen molar-refractivity contribution in [3.8, 4) is 0 Å². The first-order valence-electron chi connectivity index (χ1n) is 5.41. The smallest absolute Gasteiger partial charge is 0.0547 e. The van der Waals surface area contributed by atoms with E-state index < -0.39 is 0 Å². The van der Waals surface area contributed by atoms with Gasteiger partial charge >= 0.3 is 0 Å². The highest BCUT2D eigenvalue weighted by Crippen LogP contribution is 2.09. The average Bonchev–Trinajstić information content (AvgIpc) is 2.25. The first-order chi connectivity index (χ1) is 7.18. The number of aromatic nitrogens is 1. The number of hydrogen-bond donors (Lipinski definition) is 1. The molecule has 0 aliphatic carbocycles. The molecule has 15 heavy (non-hydrogen) atoms. The molecule has 1 atom stereocenters. The van der Waals surface area contributed by atoms with Gasteiger partial charge in [0.25, 0.3) is 0 Å². The standard InChI is InChI=1S/C13H19NO/c1-11(2)6-8-13(15)9-7-12-5-3-4-10-14-12/h3-5,10,13,15H,1,6-9H2,2H3. The van der Waals surface area contributed by atoms with E-state index in [9.17, 15) is 5.11 Å². The SMILES string of the molecule is C=C(C)CCC(O)CCc1ccccn1. The largest absolute Gasteiger partial charge is 0.393 e. The lowest BCUT2D eigenvalue weighted by Crippen LogP contribution is -2.08. The van der Waals surface area contributed by atoms with Crippen LogP contribution in [0.3, 0.4) is 0 Å². The second-order valence-electron chi connectivity index (χ2n) is 4.01. The summed E-state index contributed by atoms with van der Waals surface area (Å²) in [5, 5.41) is 9.69. The van der Waals surface area contributed by atoms with Crippen LogP contribution in [0, 0.1) is 0 Å². The van der Waals surface area contributed by atoms with Gasteiger partial charge < -0.3 is 5.11 Å². The number of aryl methyl sites for hydroxylation is 1. The lowest BCUT2D eigenvalue weighted by atomic mass is 10.0. The van der Waals surface area contributed by atoms with Gasteiger partial charge in [0.1, 0.15) is 0 Å². The van der Waals surface area contributed by atoms with E-state index in [0.29, 0.717) is 0 Å². The summed E-state index contributed by atoms with van der Waals surface area (Å²) >= 11 is 0. The minimum absolute atomic E-state index is 0.233. The van der Waals surface area contributed by atoms with E-state index in [1.165, 1.54) is 0 Å². The molecule has 0 aliphatic rings. The molecule has 1 heterocycles. The van der Waals surface area contributed by atoms with Crippen LogP contribution in [0.2, 0.25) is 0 Å². The maximum Gasteiger partial charge on any atom is 0.0547 e. The zero-order valence-electron chi connectivity index (χ0n) is 9.32. The Morgan fingerprint density at radius 1 is 1.47 bits per heavy atom. The third kappa shape index (κ3) is 5.33. The van der Waals surface area contributed by atoms with E-state index in [2.05, 4.69) is 11.6 Å². The molecule has 1 unspecified atom stereocenters. The highest BCUT2D eigenvalue weighted by molar-refractivity contribution is 5.03. The molecule has 1 aromatic heterocycles. The normalized spacial score (nSPS) is 12.4. The molecular weight excluding hydrogens is 186 g/mol. The van der Waals surface area contributed by atoms with Crippen LogP contribution in [-0.4, -0.2) is 16.2 Å². The van der Waals surface area contributed by atoms with Gasteiger partial charge in [0.15, 0.2) is 0 Å². The summed E-state index contributed by atoms with van der Waals surface area (Å²) in [6.07, 6.45) is 4.90. The van der Waals surface area contributed by atoms with Crippen LogP contribution in [-0.2, 0) is 6.42 Å². The summed E-state index contributed by atoms with van der Waals surface area (Å²) in [5.74, 6) is 0. The minimum Gasteiger partial charge on any atom is -0.393 e. The van der Waals surface area contributed by atoms with Gasteiger partial charge in [-0.15, -0.1) is 6.58 Å². The van der Waals surface area contributed by atoms with Gasteiger partial charge in [-0.25, -0.2) is 0 Å². The van der Waals surface area contributed by atoms with Crippen molar-refractivity contribution in [2.45, 2.75) is 38.7 Å². The number of aliphatic hydroxyl groups excluding tert-OH is 1. The van der Waals surface area contributed by atoms with Crippen LogP contribution in [0.5, 0.6) is 0 Å². The van der Waals surface area contributed by atoms with Crippen molar-refractivity contribution in [2.75, 3.05) is 0 Å². The Labute approximate surface area is 91.7 Å². The second-order valence-corrected chi connectivity index (χ2v) is 4.01. The van der Waals surface area contributed by atoms with Crippen LogP contribution in [0.25, 0.3) is 0 Å². The van der Waals surface area contributed by atoms with Crippen LogP contribution >= 0.6 is 0 Å². The lowest BCUT2D eigenvalue weighted by molar-refractivity contribution is 0.155. The van der Waals surface area contributed by atoms with Gasteiger partial charge in [-0.05, 0) is 44.7 Å². The molecule has 1 aromatic rings. The predicted octanol–water partition coefficient (Wildman–Crippen LogP) is 2.73. The molecule has 0 aliphatic heterocycles. The maximum atomic E-state index is 9.69. The molecule has 0 saturated heterocycles. The van der Waals surface area contributed by atoms with Crippen molar-refractivity contribution in [3.63, 3.8) is 0 Å². The third-order valence-electron chi connectivity index (χ3n) is 2.36. The minimum atomic E-state index is -0.233. The van der Waals surface area contributed by atoms with Gasteiger partial charge in [0.2, 0.25) is 0 Å². The Morgan fingerprint density at radius 2 is 2.27 bits per heavy atom. The quantitative estimate of drug-likeness (QED) is 0.724. The van der Waals surface area contributed by atoms with Crippen molar-refractivity contribution in [3.05, 3.63) is 42.2 Å². The molecular formula is C13H19NO. The molecule has 0 bridgehead atoms. The first-order valence-corrected chi connectivity index (χ1v) is 5.41. The van der Waals surface area contributed by atoms with E-state index >= 15 is 0 Å². The summed E-state index contributed by atoms with van der Waals surface area (Å²) in [7, 11) is 0. The Hall–Kier alpha value is -1.15. The number of allylic oxidation sites excluding steroid dienone is 1. The van der Waals surface area contributed by atoms with Crippen molar-refractivity contribution in [1.82, 2.24) is 4.98 Å². The molecule has 0 radical (unpaired) electrons. The molecule has 1 N–H and O–H groups in total. The van der Waals surface area contributed by atoms with Gasteiger partial charge in [0, 0.05) is 11.9 Å². The van der Waals surface area contributed by atoms with E-state index in [0.717, 1.165) is 37.0 Å². The van der Waals surface area contributed by atoms with Crippen molar-refractivity contribution < 1.29 is 5.11 Å².